The fourth-order valence-electron chi connectivity index (χ4n) is 1.10. The van der Waals surface area contributed by atoms with Crippen LogP contribution in [0.5, 0.6) is 0 Å². The largest absolute Gasteiger partial charge is 0.379 e. The van der Waals surface area contributed by atoms with Gasteiger partial charge in [0.25, 0.3) is 0 Å². The van der Waals surface area contributed by atoms with Gasteiger partial charge in [-0.3, -0.25) is 0 Å². The fourth-order valence-corrected chi connectivity index (χ4v) is 1.10. The van der Waals surface area contributed by atoms with Gasteiger partial charge in [0.2, 0.25) is 0 Å². The number of ether oxygens (including phenoxy) is 1. The van der Waals surface area contributed by atoms with E-state index in [0.717, 1.165) is 19.1 Å². The smallest absolute Gasteiger partial charge is 0.0591 e. The molecule has 0 saturated carbocycles. The molecule has 0 aliphatic rings. The van der Waals surface area contributed by atoms with Crippen molar-refractivity contribution in [3.05, 3.63) is 0 Å². The van der Waals surface area contributed by atoms with Gasteiger partial charge in [-0.2, -0.15) is 0 Å². The molecule has 0 aromatic heterocycles. The molecule has 3 nitrogen and oxygen atoms in total. The minimum Gasteiger partial charge on any atom is -0.379 e. The molecule has 0 aliphatic heterocycles. The maximum Gasteiger partial charge on any atom is 0.0591 e. The summed E-state index contributed by atoms with van der Waals surface area (Å²) in [5, 5.41) is 3.43. The highest BCUT2D eigenvalue weighted by Crippen LogP contribution is 2.05. The zero-order chi connectivity index (χ0) is 10.1. The second-order valence-corrected chi connectivity index (χ2v) is 3.53. The molecule has 0 heterocycles. The van der Waals surface area contributed by atoms with E-state index in [9.17, 15) is 0 Å². The lowest BCUT2D eigenvalue weighted by Gasteiger charge is -2.19. The minimum atomic E-state index is 0.575. The fraction of sp³-hybridized carbons (Fsp3) is 1.00. The molecule has 0 amide bonds. The van der Waals surface area contributed by atoms with E-state index < -0.39 is 0 Å². The van der Waals surface area contributed by atoms with Crippen LogP contribution in [0.4, 0.5) is 0 Å². The van der Waals surface area contributed by atoms with Crippen LogP contribution in [-0.4, -0.2) is 32.3 Å². The third-order valence-corrected chi connectivity index (χ3v) is 2.47. The number of hydrogen-bond donors (Lipinski definition) is 2. The first-order valence-electron chi connectivity index (χ1n) is 5.23. The second-order valence-electron chi connectivity index (χ2n) is 3.53. The van der Waals surface area contributed by atoms with Crippen molar-refractivity contribution in [3.63, 3.8) is 0 Å². The molecule has 0 spiro atoms. The lowest BCUT2D eigenvalue weighted by atomic mass is 10.0. The van der Waals surface area contributed by atoms with E-state index in [-0.39, 0.29) is 0 Å². The van der Waals surface area contributed by atoms with Gasteiger partial charge in [0, 0.05) is 19.1 Å². The zero-order valence-electron chi connectivity index (χ0n) is 9.18. The predicted molar refractivity (Wildman–Crippen MR) is 56.8 cm³/mol. The van der Waals surface area contributed by atoms with Crippen molar-refractivity contribution in [2.24, 2.45) is 11.7 Å². The van der Waals surface area contributed by atoms with Crippen molar-refractivity contribution in [2.45, 2.75) is 33.2 Å². The monoisotopic (exact) mass is 188 g/mol. The van der Waals surface area contributed by atoms with Crippen molar-refractivity contribution in [2.75, 3.05) is 26.3 Å². The molecule has 0 unspecified atom stereocenters. The quantitative estimate of drug-likeness (QED) is 0.558. The van der Waals surface area contributed by atoms with Gasteiger partial charge in [-0.15, -0.1) is 0 Å². The van der Waals surface area contributed by atoms with Gasteiger partial charge in [-0.25, -0.2) is 0 Å². The highest BCUT2D eigenvalue weighted by Gasteiger charge is 2.07. The first kappa shape index (κ1) is 12.9. The van der Waals surface area contributed by atoms with Gasteiger partial charge in [0.1, 0.15) is 0 Å². The minimum absolute atomic E-state index is 0.575. The summed E-state index contributed by atoms with van der Waals surface area (Å²) in [5.74, 6) is 0.731. The van der Waals surface area contributed by atoms with Crippen LogP contribution in [0, 0.1) is 5.92 Å². The molecule has 0 aromatic rings. The molecule has 3 heteroatoms. The van der Waals surface area contributed by atoms with E-state index in [0.29, 0.717) is 19.2 Å². The molecule has 0 aromatic carbocycles. The lowest BCUT2D eigenvalue weighted by molar-refractivity contribution is 0.139. The first-order chi connectivity index (χ1) is 6.22. The van der Waals surface area contributed by atoms with Crippen molar-refractivity contribution in [1.82, 2.24) is 5.32 Å². The van der Waals surface area contributed by atoms with E-state index in [1.54, 1.807) is 0 Å². The summed E-state index contributed by atoms with van der Waals surface area (Å²) < 4.78 is 5.26. The molecule has 3 N–H and O–H groups in total. The lowest BCUT2D eigenvalue weighted by Crippen LogP contribution is -2.34. The maximum absolute atomic E-state index is 5.29. The number of nitrogens with two attached hydrogens (primary N) is 1. The molecular formula is C10H24N2O. The van der Waals surface area contributed by atoms with E-state index in [1.807, 2.05) is 0 Å². The molecule has 0 saturated heterocycles. The average Bonchev–Trinajstić information content (AvgIpc) is 2.16. The van der Waals surface area contributed by atoms with Crippen LogP contribution in [0.1, 0.15) is 27.2 Å². The van der Waals surface area contributed by atoms with Crippen molar-refractivity contribution in [3.8, 4) is 0 Å². The third-order valence-electron chi connectivity index (χ3n) is 2.47. The molecule has 0 fully saturated rings. The van der Waals surface area contributed by atoms with E-state index in [1.165, 1.54) is 6.42 Å². The number of nitrogens with one attached hydrogen (secondary N) is 1. The molecule has 13 heavy (non-hydrogen) atoms. The zero-order valence-corrected chi connectivity index (χ0v) is 9.18. The van der Waals surface area contributed by atoms with Gasteiger partial charge >= 0.3 is 0 Å². The molecule has 0 aliphatic carbocycles. The summed E-state index contributed by atoms with van der Waals surface area (Å²) in [5.41, 5.74) is 5.29. The standard InChI is InChI=1S/C10H24N2O/c1-4-9(2)10(3)12-6-8-13-7-5-11/h9-10,12H,4-8,11H2,1-3H3/t9-,10-/m1/s1. The average molecular weight is 188 g/mol. The topological polar surface area (TPSA) is 47.3 Å². The first-order valence-corrected chi connectivity index (χ1v) is 5.23. The second kappa shape index (κ2) is 8.48. The van der Waals surface area contributed by atoms with Gasteiger partial charge < -0.3 is 15.8 Å². The summed E-state index contributed by atoms with van der Waals surface area (Å²) in [7, 11) is 0. The Morgan fingerprint density at radius 2 is 2.00 bits per heavy atom. The van der Waals surface area contributed by atoms with E-state index in [2.05, 4.69) is 26.1 Å². The third kappa shape index (κ3) is 6.99. The summed E-state index contributed by atoms with van der Waals surface area (Å²) in [6.07, 6.45) is 1.22. The van der Waals surface area contributed by atoms with Crippen LogP contribution >= 0.6 is 0 Å². The Bertz CT molecular complexity index is 109. The Morgan fingerprint density at radius 3 is 2.54 bits per heavy atom. The molecule has 80 valence electrons. The van der Waals surface area contributed by atoms with Crippen LogP contribution in [0.3, 0.4) is 0 Å². The molecule has 0 radical (unpaired) electrons. The van der Waals surface area contributed by atoms with Crippen LogP contribution in [0.15, 0.2) is 0 Å². The number of rotatable bonds is 8. The van der Waals surface area contributed by atoms with Crippen molar-refractivity contribution in [1.29, 1.82) is 0 Å². The molecule has 0 rings (SSSR count). The van der Waals surface area contributed by atoms with Gasteiger partial charge in [0.05, 0.1) is 13.2 Å². The van der Waals surface area contributed by atoms with Crippen molar-refractivity contribution >= 4 is 0 Å². The Labute approximate surface area is 82.0 Å². The van der Waals surface area contributed by atoms with Gasteiger partial charge in [0.15, 0.2) is 0 Å². The summed E-state index contributed by atoms with van der Waals surface area (Å²) in [4.78, 5) is 0. The highest BCUT2D eigenvalue weighted by molar-refractivity contribution is 4.66. The van der Waals surface area contributed by atoms with Crippen LogP contribution in [-0.2, 0) is 4.74 Å². The van der Waals surface area contributed by atoms with Crippen molar-refractivity contribution < 1.29 is 4.74 Å². The van der Waals surface area contributed by atoms with E-state index >= 15 is 0 Å². The highest BCUT2D eigenvalue weighted by atomic mass is 16.5. The summed E-state index contributed by atoms with van der Waals surface area (Å²) in [6.45, 7) is 9.66. The van der Waals surface area contributed by atoms with Gasteiger partial charge in [-0.1, -0.05) is 20.3 Å². The molecule has 2 atom stereocenters. The molecular weight excluding hydrogens is 164 g/mol. The van der Waals surface area contributed by atoms with Crippen LogP contribution < -0.4 is 11.1 Å². The SMILES string of the molecule is CC[C@@H](C)[C@@H](C)NCCOCCN. The Hall–Kier alpha value is -0.120. The van der Waals surface area contributed by atoms with Gasteiger partial charge in [-0.05, 0) is 12.8 Å². The maximum atomic E-state index is 5.29. The normalized spacial score (nSPS) is 15.7. The Balaban J connectivity index is 3.21. The van der Waals surface area contributed by atoms with E-state index in [4.69, 9.17) is 10.5 Å². The summed E-state index contributed by atoms with van der Waals surface area (Å²) >= 11 is 0. The predicted octanol–water partition coefficient (Wildman–Crippen LogP) is 0.986. The number of hydrogen-bond acceptors (Lipinski definition) is 3. The Kier molecular flexibility index (Phi) is 8.40. The molecule has 0 bridgehead atoms. The Morgan fingerprint density at radius 1 is 1.31 bits per heavy atom. The van der Waals surface area contributed by atoms with Crippen LogP contribution in [0.2, 0.25) is 0 Å². The van der Waals surface area contributed by atoms with Crippen LogP contribution in [0.25, 0.3) is 0 Å². The summed E-state index contributed by atoms with van der Waals surface area (Å²) in [6, 6.07) is 0.575.